The Balaban J connectivity index is 1.71. The molecule has 3 rings (SSSR count). The summed E-state index contributed by atoms with van der Waals surface area (Å²) in [6, 6.07) is 14.4. The van der Waals surface area contributed by atoms with E-state index in [-0.39, 0.29) is 6.61 Å². The molecule has 6 heteroatoms. The van der Waals surface area contributed by atoms with Gasteiger partial charge in [-0.15, -0.1) is 10.2 Å². The van der Waals surface area contributed by atoms with Crippen molar-refractivity contribution in [2.24, 2.45) is 0 Å². The molecule has 0 aliphatic carbocycles. The molecule has 0 saturated heterocycles. The van der Waals surface area contributed by atoms with E-state index < -0.39 is 0 Å². The number of hydrogen-bond donors (Lipinski definition) is 0. The second-order valence-corrected chi connectivity index (χ2v) is 5.07. The molecule has 1 aromatic heterocycles. The minimum absolute atomic E-state index is 0.157. The van der Waals surface area contributed by atoms with Crippen LogP contribution in [0.15, 0.2) is 52.9 Å². The predicted molar refractivity (Wildman–Crippen MR) is 80.5 cm³/mol. The van der Waals surface area contributed by atoms with E-state index in [0.717, 1.165) is 5.56 Å². The highest BCUT2D eigenvalue weighted by Crippen LogP contribution is 2.25. The molecule has 0 fully saturated rings. The molecule has 0 spiro atoms. The minimum Gasteiger partial charge on any atom is -0.482 e. The fraction of sp³-hybridized carbons (Fsp3) is 0.0667. The molecule has 0 aliphatic heterocycles. The molecule has 1 heterocycles. The summed E-state index contributed by atoms with van der Waals surface area (Å²) in [7, 11) is 0. The fourth-order valence-corrected chi connectivity index (χ4v) is 2.04. The summed E-state index contributed by atoms with van der Waals surface area (Å²) >= 11 is 11.8. The number of benzene rings is 2. The molecule has 106 valence electrons. The number of rotatable bonds is 4. The molecule has 0 saturated carbocycles. The molecule has 0 atom stereocenters. The van der Waals surface area contributed by atoms with Gasteiger partial charge in [0.1, 0.15) is 5.75 Å². The lowest BCUT2D eigenvalue weighted by molar-refractivity contribution is 0.264. The van der Waals surface area contributed by atoms with Gasteiger partial charge >= 0.3 is 0 Å². The average Bonchev–Trinajstić information content (AvgIpc) is 2.96. The second-order valence-electron chi connectivity index (χ2n) is 4.23. The maximum atomic E-state index is 6.00. The lowest BCUT2D eigenvalue weighted by atomic mass is 10.2. The highest BCUT2D eigenvalue weighted by molar-refractivity contribution is 6.32. The Labute approximate surface area is 131 Å². The summed E-state index contributed by atoms with van der Waals surface area (Å²) in [5.74, 6) is 1.37. The van der Waals surface area contributed by atoms with Crippen LogP contribution in [-0.2, 0) is 6.61 Å². The number of halogens is 2. The normalized spacial score (nSPS) is 10.6. The van der Waals surface area contributed by atoms with Crippen molar-refractivity contribution >= 4 is 23.2 Å². The van der Waals surface area contributed by atoms with Crippen LogP contribution in [0.3, 0.4) is 0 Å². The van der Waals surface area contributed by atoms with E-state index in [1.165, 1.54) is 0 Å². The quantitative estimate of drug-likeness (QED) is 0.703. The van der Waals surface area contributed by atoms with Crippen molar-refractivity contribution in [3.63, 3.8) is 0 Å². The van der Waals surface area contributed by atoms with Crippen molar-refractivity contribution in [2.75, 3.05) is 0 Å². The molecule has 21 heavy (non-hydrogen) atoms. The highest BCUT2D eigenvalue weighted by atomic mass is 35.5. The maximum Gasteiger partial charge on any atom is 0.254 e. The van der Waals surface area contributed by atoms with Crippen molar-refractivity contribution in [3.05, 3.63) is 64.5 Å². The second kappa shape index (κ2) is 6.16. The van der Waals surface area contributed by atoms with Gasteiger partial charge in [-0.3, -0.25) is 0 Å². The largest absolute Gasteiger partial charge is 0.482 e. The number of aromatic nitrogens is 2. The van der Waals surface area contributed by atoms with Gasteiger partial charge in [0.2, 0.25) is 5.89 Å². The predicted octanol–water partition coefficient (Wildman–Crippen LogP) is 4.62. The molecule has 0 aliphatic rings. The zero-order valence-corrected chi connectivity index (χ0v) is 12.3. The van der Waals surface area contributed by atoms with E-state index in [4.69, 9.17) is 32.4 Å². The van der Waals surface area contributed by atoms with E-state index in [1.54, 1.807) is 24.3 Å². The van der Waals surface area contributed by atoms with Crippen molar-refractivity contribution in [3.8, 4) is 17.2 Å². The Morgan fingerprint density at radius 2 is 1.71 bits per heavy atom. The van der Waals surface area contributed by atoms with Crippen LogP contribution in [0.1, 0.15) is 5.89 Å². The molecule has 3 aromatic rings. The Hall–Kier alpha value is -2.04. The summed E-state index contributed by atoms with van der Waals surface area (Å²) < 4.78 is 11.1. The maximum absolute atomic E-state index is 6.00. The molecule has 0 bridgehead atoms. The molecule has 0 N–H and O–H groups in total. The number of hydrogen-bond acceptors (Lipinski definition) is 4. The first kappa shape index (κ1) is 13.9. The Morgan fingerprint density at radius 3 is 2.48 bits per heavy atom. The monoisotopic (exact) mass is 320 g/mol. The first-order chi connectivity index (χ1) is 10.2. The molecule has 0 amide bonds. The zero-order chi connectivity index (χ0) is 14.7. The van der Waals surface area contributed by atoms with E-state index in [0.29, 0.717) is 27.6 Å². The van der Waals surface area contributed by atoms with Gasteiger partial charge in [0, 0.05) is 10.6 Å². The van der Waals surface area contributed by atoms with Crippen LogP contribution in [0.2, 0.25) is 10.0 Å². The van der Waals surface area contributed by atoms with Crippen molar-refractivity contribution < 1.29 is 9.15 Å². The van der Waals surface area contributed by atoms with Crippen molar-refractivity contribution in [1.29, 1.82) is 0 Å². The lowest BCUT2D eigenvalue weighted by Crippen LogP contribution is -1.95. The minimum atomic E-state index is 0.157. The summed E-state index contributed by atoms with van der Waals surface area (Å²) in [5, 5.41) is 9.11. The van der Waals surface area contributed by atoms with Crippen LogP contribution < -0.4 is 4.74 Å². The Kier molecular flexibility index (Phi) is 4.08. The molecule has 2 aromatic carbocycles. The molecular formula is C15H10Cl2N2O2. The first-order valence-corrected chi connectivity index (χ1v) is 6.93. The lowest BCUT2D eigenvalue weighted by Gasteiger charge is -2.04. The van der Waals surface area contributed by atoms with Gasteiger partial charge in [-0.2, -0.15) is 0 Å². The Bertz CT molecular complexity index is 741. The number of ether oxygens (including phenoxy) is 1. The summed E-state index contributed by atoms with van der Waals surface area (Å²) in [6.45, 7) is 0.157. The van der Waals surface area contributed by atoms with Crippen LogP contribution in [0.4, 0.5) is 0 Å². The third-order valence-electron chi connectivity index (χ3n) is 2.75. The van der Waals surface area contributed by atoms with Gasteiger partial charge in [0.05, 0.1) is 5.02 Å². The molecule has 4 nitrogen and oxygen atoms in total. The third-order valence-corrected chi connectivity index (χ3v) is 3.31. The van der Waals surface area contributed by atoms with Crippen LogP contribution in [-0.4, -0.2) is 10.2 Å². The SMILES string of the molecule is Clc1ccc(-c2nnc(COc3ccccc3Cl)o2)cc1. The third kappa shape index (κ3) is 3.35. The van der Waals surface area contributed by atoms with Gasteiger partial charge < -0.3 is 9.15 Å². The van der Waals surface area contributed by atoms with Crippen LogP contribution in [0.5, 0.6) is 5.75 Å². The van der Waals surface area contributed by atoms with Crippen LogP contribution in [0.25, 0.3) is 11.5 Å². The van der Waals surface area contributed by atoms with Crippen molar-refractivity contribution in [1.82, 2.24) is 10.2 Å². The van der Waals surface area contributed by atoms with Gasteiger partial charge in [0.15, 0.2) is 6.61 Å². The van der Waals surface area contributed by atoms with Crippen molar-refractivity contribution in [2.45, 2.75) is 6.61 Å². The van der Waals surface area contributed by atoms with E-state index >= 15 is 0 Å². The van der Waals surface area contributed by atoms with E-state index in [9.17, 15) is 0 Å². The standard InChI is InChI=1S/C15H10Cl2N2O2/c16-11-7-5-10(6-8-11)15-19-18-14(21-15)9-20-13-4-2-1-3-12(13)17/h1-8H,9H2. The topological polar surface area (TPSA) is 48.2 Å². The van der Waals surface area contributed by atoms with Gasteiger partial charge in [0.25, 0.3) is 5.89 Å². The number of para-hydroxylation sites is 1. The molecular weight excluding hydrogens is 311 g/mol. The highest BCUT2D eigenvalue weighted by Gasteiger charge is 2.09. The zero-order valence-electron chi connectivity index (χ0n) is 10.8. The van der Waals surface area contributed by atoms with E-state index in [2.05, 4.69) is 10.2 Å². The van der Waals surface area contributed by atoms with Gasteiger partial charge in [-0.25, -0.2) is 0 Å². The summed E-state index contributed by atoms with van der Waals surface area (Å²) in [6.07, 6.45) is 0. The van der Waals surface area contributed by atoms with Crippen LogP contribution in [0, 0.1) is 0 Å². The smallest absolute Gasteiger partial charge is 0.254 e. The van der Waals surface area contributed by atoms with Gasteiger partial charge in [-0.05, 0) is 36.4 Å². The van der Waals surface area contributed by atoms with Crippen LogP contribution >= 0.6 is 23.2 Å². The number of nitrogens with zero attached hydrogens (tertiary/aromatic N) is 2. The van der Waals surface area contributed by atoms with E-state index in [1.807, 2.05) is 24.3 Å². The fourth-order valence-electron chi connectivity index (χ4n) is 1.72. The Morgan fingerprint density at radius 1 is 0.952 bits per heavy atom. The average molecular weight is 321 g/mol. The molecule has 0 unspecified atom stereocenters. The molecule has 0 radical (unpaired) electrons. The summed E-state index contributed by atoms with van der Waals surface area (Å²) in [4.78, 5) is 0. The van der Waals surface area contributed by atoms with Gasteiger partial charge in [-0.1, -0.05) is 35.3 Å². The first-order valence-electron chi connectivity index (χ1n) is 6.18. The summed E-state index contributed by atoms with van der Waals surface area (Å²) in [5.41, 5.74) is 0.802.